The van der Waals surface area contributed by atoms with Gasteiger partial charge in [-0.05, 0) is 121 Å². The fraction of sp³-hybridized carbons (Fsp3) is 0.321. The maximum absolute atomic E-state index is 14.2. The number of aliphatic hydroxyl groups excluding tert-OH is 1. The second-order valence-electron chi connectivity index (χ2n) is 19.1. The molecular formula is C56H59FN4O8S2. The van der Waals surface area contributed by atoms with E-state index < -0.39 is 35.4 Å². The number of benzene rings is 5. The summed E-state index contributed by atoms with van der Waals surface area (Å²) in [5.74, 6) is 1.28. The van der Waals surface area contributed by atoms with E-state index >= 15 is 0 Å². The van der Waals surface area contributed by atoms with Gasteiger partial charge >= 0.3 is 0 Å². The Kier molecular flexibility index (Phi) is 16.2. The van der Waals surface area contributed by atoms with E-state index in [-0.39, 0.29) is 43.3 Å². The van der Waals surface area contributed by atoms with E-state index in [0.29, 0.717) is 42.6 Å². The Bertz CT molecular complexity index is 2950. The Morgan fingerprint density at radius 2 is 1.58 bits per heavy atom. The number of thiazole rings is 1. The molecule has 1 aliphatic rings. The summed E-state index contributed by atoms with van der Waals surface area (Å²) in [7, 11) is 2.02. The summed E-state index contributed by atoms with van der Waals surface area (Å²) in [6.45, 7) is 9.12. The van der Waals surface area contributed by atoms with Crippen LogP contribution in [0, 0.1) is 18.2 Å². The van der Waals surface area contributed by atoms with Gasteiger partial charge in [0.15, 0.2) is 18.1 Å². The molecule has 71 heavy (non-hydrogen) atoms. The maximum atomic E-state index is 14.2. The second kappa shape index (κ2) is 22.6. The number of hydrogen-bond acceptors (Lipinski definition) is 12. The first kappa shape index (κ1) is 50.7. The summed E-state index contributed by atoms with van der Waals surface area (Å²) in [6, 6.07) is 32.7. The number of carbonyl (C=O) groups excluding carboxylic acids is 3. The average molecular weight is 999 g/mol. The third-order valence-corrected chi connectivity index (χ3v) is 14.7. The van der Waals surface area contributed by atoms with Gasteiger partial charge < -0.3 is 39.5 Å². The van der Waals surface area contributed by atoms with Crippen LogP contribution in [0.2, 0.25) is 0 Å². The Labute approximate surface area is 421 Å². The van der Waals surface area contributed by atoms with Crippen molar-refractivity contribution in [2.24, 2.45) is 5.41 Å². The molecule has 3 heterocycles. The van der Waals surface area contributed by atoms with E-state index in [9.17, 15) is 29.0 Å². The average Bonchev–Trinajstić information content (AvgIpc) is 4.07. The van der Waals surface area contributed by atoms with E-state index in [2.05, 4.69) is 15.2 Å². The number of likely N-dealkylation sites (tertiary alicyclic amines) is 1. The number of aromatic hydroxyl groups is 1. The number of phenolic OH excluding ortho intramolecular Hbond substituents is 1. The van der Waals surface area contributed by atoms with Crippen molar-refractivity contribution in [3.63, 3.8) is 0 Å². The molecule has 1 fully saturated rings. The van der Waals surface area contributed by atoms with Crippen LogP contribution in [0.3, 0.4) is 0 Å². The summed E-state index contributed by atoms with van der Waals surface area (Å²) in [5.41, 5.74) is 6.02. The smallest absolute Gasteiger partial charge is 0.258 e. The number of ether oxygens (including phenoxy) is 3. The lowest BCUT2D eigenvalue weighted by molar-refractivity contribution is -0.143. The molecule has 0 bridgehead atoms. The second-order valence-corrected chi connectivity index (χ2v) is 21.0. The number of hydrogen-bond donors (Lipinski definition) is 3. The molecule has 370 valence electrons. The van der Waals surface area contributed by atoms with Gasteiger partial charge in [0.25, 0.3) is 5.91 Å². The summed E-state index contributed by atoms with van der Waals surface area (Å²) in [5, 5.41) is 24.5. The number of rotatable bonds is 20. The molecule has 8 rings (SSSR count). The number of fused-ring (bicyclic) bond motifs is 1. The van der Waals surface area contributed by atoms with Crippen molar-refractivity contribution < 1.29 is 43.2 Å². The number of β-amino-alcohol motifs (C(OH)–C–C–N with tert-alkyl or cyclic N) is 1. The summed E-state index contributed by atoms with van der Waals surface area (Å²) >= 11 is 3.05. The van der Waals surface area contributed by atoms with Gasteiger partial charge in [0.05, 0.1) is 33.1 Å². The highest BCUT2D eigenvalue weighted by molar-refractivity contribution is 7.22. The van der Waals surface area contributed by atoms with Crippen LogP contribution in [0.5, 0.6) is 28.7 Å². The van der Waals surface area contributed by atoms with Gasteiger partial charge in [-0.1, -0.05) is 69.3 Å². The van der Waals surface area contributed by atoms with Gasteiger partial charge in [0, 0.05) is 42.6 Å². The van der Waals surface area contributed by atoms with Crippen molar-refractivity contribution in [3.05, 3.63) is 143 Å². The molecule has 0 aliphatic carbocycles. The van der Waals surface area contributed by atoms with E-state index in [1.165, 1.54) is 28.4 Å². The number of Topliss-reactive ketones (excluding diaryl/α,β-unsaturated/α-hetero) is 1. The molecule has 5 aromatic carbocycles. The lowest BCUT2D eigenvalue weighted by Crippen LogP contribution is -2.57. The number of phenols is 1. The Morgan fingerprint density at radius 3 is 2.30 bits per heavy atom. The number of nitrogens with zero attached hydrogens (tertiary/aromatic N) is 3. The normalized spacial score (nSPS) is 15.2. The molecular weight excluding hydrogens is 940 g/mol. The zero-order chi connectivity index (χ0) is 50.2. The molecule has 1 aliphatic heterocycles. The molecule has 3 N–H and O–H groups in total. The Morgan fingerprint density at radius 1 is 0.859 bits per heavy atom. The van der Waals surface area contributed by atoms with Gasteiger partial charge in [0.1, 0.15) is 41.5 Å². The first-order valence-electron chi connectivity index (χ1n) is 23.7. The third-order valence-electron chi connectivity index (χ3n) is 12.5. The molecule has 0 saturated carbocycles. The molecule has 3 atom stereocenters. The minimum Gasteiger partial charge on any atom is -0.508 e. The molecule has 0 radical (unpaired) electrons. The van der Waals surface area contributed by atoms with Gasteiger partial charge in [-0.3, -0.25) is 14.4 Å². The van der Waals surface area contributed by atoms with Crippen LogP contribution < -0.4 is 19.5 Å². The topological polar surface area (TPSA) is 151 Å². The number of aryl methyl sites for hydroxylation is 2. The monoisotopic (exact) mass is 998 g/mol. The molecule has 2 amide bonds. The standard InChI is InChI=1S/C56H59FN4O8S2/c1-35-52(70-34-58-35)38-12-9-36(10-13-38)11-24-48(64)47-30-42(63)32-61(47)55(66)54(56(2,3)4)59-50(65)33-68-45-8-6-7-37(29-45)25-26-60(5)27-28-67-43-19-21-44(22-20-43)69-51-46-23-18-41(62)31-49(46)71-53(51)39-14-16-40(57)17-15-39/h6-10,12-23,29,31,34,42,47,54,62-63H,11,24-28,30,32-33H2,1-5H3,(H,59,65)/t42-,47+,54-/m1/s1. The molecule has 15 heteroatoms. The van der Waals surface area contributed by atoms with E-state index in [0.717, 1.165) is 60.8 Å². The molecule has 0 spiro atoms. The number of halogens is 1. The number of ketones is 1. The SMILES string of the molecule is Cc1ncsc1-c1ccc(CCC(=O)[C@@H]2C[C@@H](O)CN2C(=O)[C@@H](NC(=O)COc2cccc(CCN(C)CCOc3ccc(Oc4c(-c5ccc(F)cc5)sc5cc(O)ccc45)cc3)c2)C(C)(C)C)cc1. The van der Waals surface area contributed by atoms with Crippen molar-refractivity contribution in [3.8, 4) is 49.6 Å². The highest BCUT2D eigenvalue weighted by Crippen LogP contribution is 2.47. The number of aromatic nitrogens is 1. The number of thiophene rings is 1. The fourth-order valence-electron chi connectivity index (χ4n) is 8.58. The van der Waals surface area contributed by atoms with Crippen molar-refractivity contribution >= 4 is 50.4 Å². The summed E-state index contributed by atoms with van der Waals surface area (Å²) in [6.07, 6.45) is 0.753. The third kappa shape index (κ3) is 13.0. The van der Waals surface area contributed by atoms with Crippen LogP contribution >= 0.6 is 22.7 Å². The van der Waals surface area contributed by atoms with Crippen LogP contribution in [-0.4, -0.2) is 101 Å². The number of amides is 2. The van der Waals surface area contributed by atoms with Crippen LogP contribution in [0.1, 0.15) is 50.4 Å². The van der Waals surface area contributed by atoms with Crippen molar-refractivity contribution in [2.45, 2.75) is 71.6 Å². The zero-order valence-corrected chi connectivity index (χ0v) is 42.2. The quantitative estimate of drug-likeness (QED) is 0.0673. The molecule has 1 saturated heterocycles. The lowest BCUT2D eigenvalue weighted by atomic mass is 9.85. The van der Waals surface area contributed by atoms with Crippen molar-refractivity contribution in [1.82, 2.24) is 20.1 Å². The minimum atomic E-state index is -0.958. The predicted octanol–water partition coefficient (Wildman–Crippen LogP) is 10.3. The zero-order valence-electron chi connectivity index (χ0n) is 40.5. The Hall–Kier alpha value is -6.65. The molecule has 12 nitrogen and oxygen atoms in total. The van der Waals surface area contributed by atoms with E-state index in [1.807, 2.05) is 113 Å². The van der Waals surface area contributed by atoms with Crippen LogP contribution in [0.15, 0.2) is 121 Å². The highest BCUT2D eigenvalue weighted by atomic mass is 32.1. The van der Waals surface area contributed by atoms with Gasteiger partial charge in [-0.2, -0.15) is 0 Å². The van der Waals surface area contributed by atoms with E-state index in [1.54, 1.807) is 41.7 Å². The van der Waals surface area contributed by atoms with Gasteiger partial charge in [-0.15, -0.1) is 22.7 Å². The molecule has 0 unspecified atom stereocenters. The molecule has 7 aromatic rings. The van der Waals surface area contributed by atoms with Crippen molar-refractivity contribution in [2.75, 3.05) is 39.9 Å². The predicted molar refractivity (Wildman–Crippen MR) is 277 cm³/mol. The van der Waals surface area contributed by atoms with Gasteiger partial charge in [0.2, 0.25) is 5.91 Å². The number of carbonyl (C=O) groups is 3. The highest BCUT2D eigenvalue weighted by Gasteiger charge is 2.44. The number of likely N-dealkylation sites (N-methyl/N-ethyl adjacent to an activating group) is 1. The Balaban J connectivity index is 0.780. The molecule has 2 aromatic heterocycles. The van der Waals surface area contributed by atoms with Crippen LogP contribution in [0.25, 0.3) is 31.0 Å². The largest absolute Gasteiger partial charge is 0.508 e. The fourth-order valence-corrected chi connectivity index (χ4v) is 10.6. The maximum Gasteiger partial charge on any atom is 0.258 e. The minimum absolute atomic E-state index is 0.0164. The van der Waals surface area contributed by atoms with Crippen molar-refractivity contribution in [1.29, 1.82) is 0 Å². The summed E-state index contributed by atoms with van der Waals surface area (Å²) in [4.78, 5) is 51.0. The first-order valence-corrected chi connectivity index (χ1v) is 25.4. The van der Waals surface area contributed by atoms with E-state index in [4.69, 9.17) is 14.2 Å². The van der Waals surface area contributed by atoms with Gasteiger partial charge in [-0.25, -0.2) is 9.37 Å². The van der Waals surface area contributed by atoms with Crippen LogP contribution in [0.4, 0.5) is 4.39 Å². The summed E-state index contributed by atoms with van der Waals surface area (Å²) < 4.78 is 33.0. The van der Waals surface area contributed by atoms with Crippen LogP contribution in [-0.2, 0) is 27.2 Å². The number of aliphatic hydroxyl groups is 1. The first-order chi connectivity index (χ1) is 34.1. The number of nitrogens with one attached hydrogen (secondary N) is 1. The lowest BCUT2D eigenvalue weighted by Gasteiger charge is -2.35.